The van der Waals surface area contributed by atoms with Gasteiger partial charge in [-0.15, -0.1) is 0 Å². The molecular weight excluding hydrogens is 140 g/mol. The van der Waals surface area contributed by atoms with Gasteiger partial charge in [0.1, 0.15) is 6.61 Å². The average Bonchev–Trinajstić information content (AvgIpc) is 2.01. The Balaban J connectivity index is 3.37. The number of rotatable bonds is 6. The number of ether oxygens (including phenoxy) is 1. The highest BCUT2D eigenvalue weighted by Gasteiger charge is 1.87. The molecule has 0 amide bonds. The molecule has 0 spiro atoms. The average molecular weight is 156 g/mol. The zero-order valence-corrected chi connectivity index (χ0v) is 7.30. The first-order valence-electron chi connectivity index (χ1n) is 4.02. The first kappa shape index (κ1) is 10.2. The van der Waals surface area contributed by atoms with Gasteiger partial charge < -0.3 is 4.74 Å². The van der Waals surface area contributed by atoms with Crippen molar-refractivity contribution in [3.63, 3.8) is 0 Å². The molecule has 0 aromatic heterocycles. The van der Waals surface area contributed by atoms with Crippen LogP contribution in [0.5, 0.6) is 0 Å². The van der Waals surface area contributed by atoms with Gasteiger partial charge in [0, 0.05) is 0 Å². The molecule has 0 aromatic carbocycles. The Hall–Kier alpha value is -0.790. The van der Waals surface area contributed by atoms with Gasteiger partial charge in [0.05, 0.1) is 0 Å². The minimum absolute atomic E-state index is 0.416. The standard InChI is InChI=1S/C9H16O2/c1-3-4-5-9(2)6-7-11-8-10/h6,8H,3-5,7H2,1-2H3. The molecule has 64 valence electrons. The number of carbonyl (C=O) groups is 1. The molecule has 0 heterocycles. The topological polar surface area (TPSA) is 26.3 Å². The molecule has 11 heavy (non-hydrogen) atoms. The Labute approximate surface area is 68.2 Å². The van der Waals surface area contributed by atoms with Crippen LogP contribution in [0, 0.1) is 0 Å². The van der Waals surface area contributed by atoms with Crippen LogP contribution in [0.2, 0.25) is 0 Å². The quantitative estimate of drug-likeness (QED) is 0.335. The van der Waals surface area contributed by atoms with Crippen molar-refractivity contribution in [2.75, 3.05) is 6.61 Å². The molecular formula is C9H16O2. The monoisotopic (exact) mass is 156 g/mol. The fourth-order valence-corrected chi connectivity index (χ4v) is 0.787. The summed E-state index contributed by atoms with van der Waals surface area (Å²) in [6, 6.07) is 0. The van der Waals surface area contributed by atoms with Gasteiger partial charge in [0.2, 0.25) is 0 Å². The second-order valence-corrected chi connectivity index (χ2v) is 2.58. The fraction of sp³-hybridized carbons (Fsp3) is 0.667. The SMILES string of the molecule is CCCCC(C)=CCOC=O. The van der Waals surface area contributed by atoms with Crippen molar-refractivity contribution in [3.8, 4) is 0 Å². The molecule has 0 unspecified atom stereocenters. The van der Waals surface area contributed by atoms with Crippen molar-refractivity contribution in [1.82, 2.24) is 0 Å². The zero-order valence-electron chi connectivity index (χ0n) is 7.30. The maximum absolute atomic E-state index is 9.75. The van der Waals surface area contributed by atoms with Crippen molar-refractivity contribution in [1.29, 1.82) is 0 Å². The van der Waals surface area contributed by atoms with E-state index >= 15 is 0 Å². The molecule has 0 rings (SSSR count). The summed E-state index contributed by atoms with van der Waals surface area (Å²) in [5.74, 6) is 0. The molecule has 0 fully saturated rings. The van der Waals surface area contributed by atoms with E-state index < -0.39 is 0 Å². The maximum Gasteiger partial charge on any atom is 0.293 e. The van der Waals surface area contributed by atoms with Gasteiger partial charge in [0.15, 0.2) is 0 Å². The normalized spacial score (nSPS) is 11.3. The van der Waals surface area contributed by atoms with E-state index in [2.05, 4.69) is 18.6 Å². The van der Waals surface area contributed by atoms with Crippen LogP contribution in [0.3, 0.4) is 0 Å². The van der Waals surface area contributed by atoms with Crippen LogP contribution in [-0.2, 0) is 9.53 Å². The Morgan fingerprint density at radius 2 is 2.27 bits per heavy atom. The molecule has 0 atom stereocenters. The predicted octanol–water partition coefficient (Wildman–Crippen LogP) is 2.30. The molecule has 2 nitrogen and oxygen atoms in total. The Bertz CT molecular complexity index is 128. The third-order valence-corrected chi connectivity index (χ3v) is 1.52. The van der Waals surface area contributed by atoms with Crippen LogP contribution >= 0.6 is 0 Å². The van der Waals surface area contributed by atoms with Crippen LogP contribution in [0.1, 0.15) is 33.1 Å². The number of unbranched alkanes of at least 4 members (excludes halogenated alkanes) is 1. The first-order chi connectivity index (χ1) is 5.31. The van der Waals surface area contributed by atoms with Crippen LogP contribution in [0.25, 0.3) is 0 Å². The number of hydrogen-bond acceptors (Lipinski definition) is 2. The minimum Gasteiger partial charge on any atom is -0.464 e. The van der Waals surface area contributed by atoms with E-state index in [0.717, 1.165) is 6.42 Å². The number of carbonyl (C=O) groups excluding carboxylic acids is 1. The van der Waals surface area contributed by atoms with Gasteiger partial charge in [-0.1, -0.05) is 18.9 Å². The third-order valence-electron chi connectivity index (χ3n) is 1.52. The van der Waals surface area contributed by atoms with Crippen molar-refractivity contribution < 1.29 is 9.53 Å². The lowest BCUT2D eigenvalue weighted by Crippen LogP contribution is -1.88. The van der Waals surface area contributed by atoms with Crippen LogP contribution in [0.15, 0.2) is 11.6 Å². The summed E-state index contributed by atoms with van der Waals surface area (Å²) in [5, 5.41) is 0. The predicted molar refractivity (Wildman–Crippen MR) is 45.3 cm³/mol. The summed E-state index contributed by atoms with van der Waals surface area (Å²) >= 11 is 0. The van der Waals surface area contributed by atoms with Gasteiger partial charge in [-0.2, -0.15) is 0 Å². The molecule has 0 bridgehead atoms. The highest BCUT2D eigenvalue weighted by molar-refractivity contribution is 5.37. The van der Waals surface area contributed by atoms with Crippen molar-refractivity contribution in [2.45, 2.75) is 33.1 Å². The second kappa shape index (κ2) is 7.32. The molecule has 0 radical (unpaired) electrons. The summed E-state index contributed by atoms with van der Waals surface area (Å²) in [4.78, 5) is 9.75. The first-order valence-corrected chi connectivity index (χ1v) is 4.02. The molecule has 0 aromatic rings. The Morgan fingerprint density at radius 3 is 2.82 bits per heavy atom. The summed E-state index contributed by atoms with van der Waals surface area (Å²) < 4.78 is 4.53. The smallest absolute Gasteiger partial charge is 0.293 e. The van der Waals surface area contributed by atoms with Gasteiger partial charge in [-0.3, -0.25) is 4.79 Å². The van der Waals surface area contributed by atoms with E-state index in [1.807, 2.05) is 6.08 Å². The van der Waals surface area contributed by atoms with Crippen molar-refractivity contribution >= 4 is 6.47 Å². The van der Waals surface area contributed by atoms with Crippen LogP contribution in [-0.4, -0.2) is 13.1 Å². The van der Waals surface area contributed by atoms with E-state index in [1.54, 1.807) is 0 Å². The summed E-state index contributed by atoms with van der Waals surface area (Å²) in [6.07, 6.45) is 5.48. The third kappa shape index (κ3) is 7.10. The summed E-state index contributed by atoms with van der Waals surface area (Å²) in [6.45, 7) is 5.11. The van der Waals surface area contributed by atoms with E-state index in [4.69, 9.17) is 0 Å². The lowest BCUT2D eigenvalue weighted by atomic mass is 10.1. The van der Waals surface area contributed by atoms with Gasteiger partial charge in [-0.05, 0) is 25.8 Å². The molecule has 0 saturated carbocycles. The van der Waals surface area contributed by atoms with E-state index in [-0.39, 0.29) is 0 Å². The number of allylic oxidation sites excluding steroid dienone is 1. The van der Waals surface area contributed by atoms with Crippen LogP contribution < -0.4 is 0 Å². The molecule has 0 aliphatic carbocycles. The zero-order chi connectivity index (χ0) is 8.53. The van der Waals surface area contributed by atoms with Crippen molar-refractivity contribution in [3.05, 3.63) is 11.6 Å². The molecule has 0 aliphatic rings. The highest BCUT2D eigenvalue weighted by Crippen LogP contribution is 2.04. The Kier molecular flexibility index (Phi) is 6.79. The lowest BCUT2D eigenvalue weighted by Gasteiger charge is -1.98. The van der Waals surface area contributed by atoms with Crippen LogP contribution in [0.4, 0.5) is 0 Å². The fourth-order valence-electron chi connectivity index (χ4n) is 0.787. The molecule has 0 saturated heterocycles. The maximum atomic E-state index is 9.75. The molecule has 0 N–H and O–H groups in total. The molecule has 2 heteroatoms. The largest absolute Gasteiger partial charge is 0.464 e. The van der Waals surface area contributed by atoms with Gasteiger partial charge in [-0.25, -0.2) is 0 Å². The summed E-state index contributed by atoms with van der Waals surface area (Å²) in [5.41, 5.74) is 1.30. The minimum atomic E-state index is 0.416. The lowest BCUT2D eigenvalue weighted by molar-refractivity contribution is -0.127. The van der Waals surface area contributed by atoms with E-state index in [0.29, 0.717) is 13.1 Å². The van der Waals surface area contributed by atoms with E-state index in [1.165, 1.54) is 18.4 Å². The highest BCUT2D eigenvalue weighted by atomic mass is 16.5. The van der Waals surface area contributed by atoms with Gasteiger partial charge >= 0.3 is 0 Å². The second-order valence-electron chi connectivity index (χ2n) is 2.58. The van der Waals surface area contributed by atoms with E-state index in [9.17, 15) is 4.79 Å². The van der Waals surface area contributed by atoms with Gasteiger partial charge in [0.25, 0.3) is 6.47 Å². The number of hydrogen-bond donors (Lipinski definition) is 0. The molecule has 0 aliphatic heterocycles. The Morgan fingerprint density at radius 1 is 1.55 bits per heavy atom. The summed E-state index contributed by atoms with van der Waals surface area (Å²) in [7, 11) is 0. The van der Waals surface area contributed by atoms with Crippen molar-refractivity contribution in [2.24, 2.45) is 0 Å².